The van der Waals surface area contributed by atoms with Crippen LogP contribution in [0.1, 0.15) is 41.6 Å². The molecule has 0 unspecified atom stereocenters. The van der Waals surface area contributed by atoms with Gasteiger partial charge in [-0.15, -0.1) is 0 Å². The lowest BCUT2D eigenvalue weighted by molar-refractivity contribution is -0.137. The zero-order valence-corrected chi connectivity index (χ0v) is 22.3. The summed E-state index contributed by atoms with van der Waals surface area (Å²) in [4.78, 5) is 12.5. The molecule has 0 saturated heterocycles. The minimum atomic E-state index is -4.46. The lowest BCUT2D eigenvalue weighted by Gasteiger charge is -2.13. The zero-order valence-electron chi connectivity index (χ0n) is 20.2. The summed E-state index contributed by atoms with van der Waals surface area (Å²) in [5.74, 6) is -0.601. The highest BCUT2D eigenvalue weighted by molar-refractivity contribution is 14.1. The molecule has 0 atom stereocenters. The van der Waals surface area contributed by atoms with Gasteiger partial charge in [0.15, 0.2) is 0 Å². The van der Waals surface area contributed by atoms with Gasteiger partial charge in [0.1, 0.15) is 6.61 Å². The van der Waals surface area contributed by atoms with Gasteiger partial charge in [0.2, 0.25) is 0 Å². The summed E-state index contributed by atoms with van der Waals surface area (Å²) < 4.78 is 61.7. The Bertz CT molecular complexity index is 898. The quantitative estimate of drug-likeness (QED) is 0.0869. The molecule has 0 spiro atoms. The van der Waals surface area contributed by atoms with Crippen LogP contribution in [0.5, 0.6) is 0 Å². The van der Waals surface area contributed by atoms with E-state index >= 15 is 0 Å². The Kier molecular flexibility index (Phi) is 14.8. The molecule has 0 aliphatic carbocycles. The number of benzene rings is 2. The van der Waals surface area contributed by atoms with Crippen LogP contribution in [0.15, 0.2) is 48.5 Å². The van der Waals surface area contributed by atoms with Crippen molar-refractivity contribution in [1.29, 1.82) is 0 Å². The molecule has 36 heavy (non-hydrogen) atoms. The number of ether oxygens (including phenoxy) is 4. The van der Waals surface area contributed by atoms with Crippen LogP contribution in [0.3, 0.4) is 0 Å². The Hall–Kier alpha value is -1.89. The molecule has 0 heterocycles. The van der Waals surface area contributed by atoms with Crippen molar-refractivity contribution in [3.63, 3.8) is 0 Å². The number of hydrogen-bond donors (Lipinski definition) is 1. The van der Waals surface area contributed by atoms with E-state index in [2.05, 4.69) is 27.9 Å². The van der Waals surface area contributed by atoms with Crippen LogP contribution in [-0.2, 0) is 25.1 Å². The van der Waals surface area contributed by atoms with Crippen LogP contribution in [0.2, 0.25) is 0 Å². The number of halogens is 4. The second-order valence-corrected chi connectivity index (χ2v) is 8.90. The van der Waals surface area contributed by atoms with Gasteiger partial charge in [0.25, 0.3) is 0 Å². The summed E-state index contributed by atoms with van der Waals surface area (Å²) in [7, 11) is 0. The van der Waals surface area contributed by atoms with Crippen LogP contribution in [-0.4, -0.2) is 56.6 Å². The maximum Gasteiger partial charge on any atom is 0.416 e. The van der Waals surface area contributed by atoms with E-state index in [1.807, 2.05) is 0 Å². The second kappa shape index (κ2) is 17.5. The molecule has 0 radical (unpaired) electrons. The highest BCUT2D eigenvalue weighted by Crippen LogP contribution is 2.32. The molecular weight excluding hydrogens is 590 g/mol. The van der Waals surface area contributed by atoms with E-state index in [-0.39, 0.29) is 24.5 Å². The van der Waals surface area contributed by atoms with E-state index < -0.39 is 17.7 Å². The highest BCUT2D eigenvalue weighted by atomic mass is 127. The third-order valence-electron chi connectivity index (χ3n) is 4.99. The van der Waals surface area contributed by atoms with Crippen LogP contribution in [0, 0.1) is 0 Å². The van der Waals surface area contributed by atoms with Gasteiger partial charge in [0, 0.05) is 12.3 Å². The molecule has 2 rings (SSSR count). The molecule has 0 saturated carbocycles. The van der Waals surface area contributed by atoms with Gasteiger partial charge in [-0.25, -0.2) is 4.79 Å². The first-order chi connectivity index (χ1) is 17.4. The standard InChI is InChI=1S/C26H33F3INO5/c27-26(28,29)21-8-7-9-22(20-21)31-24-11-4-3-10-23(24)25(32)36-19-18-35-17-16-34-15-14-33-13-6-2-1-5-12-30/h3-4,7-11,20,31H,1-2,5-6,12-19H2. The number of hydrogen-bond acceptors (Lipinski definition) is 6. The predicted octanol–water partition coefficient (Wildman–Crippen LogP) is 6.65. The Balaban J connectivity index is 1.61. The number of alkyl halides is 4. The largest absolute Gasteiger partial charge is 0.460 e. The molecule has 0 aromatic heterocycles. The number of para-hydroxylation sites is 1. The first-order valence-corrected chi connectivity index (χ1v) is 13.4. The normalized spacial score (nSPS) is 11.4. The molecule has 0 amide bonds. The van der Waals surface area contributed by atoms with Crippen molar-refractivity contribution in [3.05, 3.63) is 59.7 Å². The summed E-state index contributed by atoms with van der Waals surface area (Å²) >= 11 is 2.39. The number of carbonyl (C=O) groups is 1. The van der Waals surface area contributed by atoms with Gasteiger partial charge in [-0.3, -0.25) is 0 Å². The summed E-state index contributed by atoms with van der Waals surface area (Å²) in [6, 6.07) is 11.2. The number of unbranched alkanes of at least 4 members (excludes halogenated alkanes) is 3. The van der Waals surface area contributed by atoms with Crippen LogP contribution in [0.25, 0.3) is 0 Å². The molecule has 2 aromatic carbocycles. The van der Waals surface area contributed by atoms with E-state index in [1.54, 1.807) is 24.3 Å². The van der Waals surface area contributed by atoms with Crippen molar-refractivity contribution in [2.45, 2.75) is 31.9 Å². The maximum atomic E-state index is 13.0. The van der Waals surface area contributed by atoms with E-state index in [1.165, 1.54) is 35.8 Å². The monoisotopic (exact) mass is 623 g/mol. The topological polar surface area (TPSA) is 66.0 Å². The average Bonchev–Trinajstić information content (AvgIpc) is 2.86. The Morgan fingerprint density at radius 1 is 0.778 bits per heavy atom. The fourth-order valence-corrected chi connectivity index (χ4v) is 3.70. The molecule has 0 aliphatic rings. The summed E-state index contributed by atoms with van der Waals surface area (Å²) in [5, 5.41) is 2.86. The minimum absolute atomic E-state index is 0.0391. The van der Waals surface area contributed by atoms with Gasteiger partial charge in [-0.05, 0) is 47.6 Å². The molecular formula is C26H33F3INO5. The number of esters is 1. The van der Waals surface area contributed by atoms with Crippen molar-refractivity contribution in [1.82, 2.24) is 0 Å². The Morgan fingerprint density at radius 3 is 2.11 bits per heavy atom. The molecule has 2 aromatic rings. The number of anilines is 2. The van der Waals surface area contributed by atoms with Gasteiger partial charge >= 0.3 is 12.1 Å². The van der Waals surface area contributed by atoms with Crippen molar-refractivity contribution in [2.24, 2.45) is 0 Å². The van der Waals surface area contributed by atoms with Crippen molar-refractivity contribution in [2.75, 3.05) is 56.0 Å². The fraction of sp³-hybridized carbons (Fsp3) is 0.500. The van der Waals surface area contributed by atoms with Gasteiger partial charge in [-0.1, -0.05) is 53.6 Å². The molecule has 200 valence electrons. The van der Waals surface area contributed by atoms with E-state index in [9.17, 15) is 18.0 Å². The third-order valence-corrected chi connectivity index (χ3v) is 5.76. The number of rotatable bonds is 18. The molecule has 0 bridgehead atoms. The molecule has 6 nitrogen and oxygen atoms in total. The first kappa shape index (κ1) is 30.3. The van der Waals surface area contributed by atoms with E-state index in [0.717, 1.165) is 25.2 Å². The van der Waals surface area contributed by atoms with Crippen molar-refractivity contribution >= 4 is 39.9 Å². The summed E-state index contributed by atoms with van der Waals surface area (Å²) in [5.41, 5.74) is -0.00782. The maximum absolute atomic E-state index is 13.0. The van der Waals surface area contributed by atoms with Crippen molar-refractivity contribution in [3.8, 4) is 0 Å². The Morgan fingerprint density at radius 2 is 1.42 bits per heavy atom. The van der Waals surface area contributed by atoms with Crippen molar-refractivity contribution < 1.29 is 36.9 Å². The van der Waals surface area contributed by atoms with E-state index in [4.69, 9.17) is 18.9 Å². The fourth-order valence-electron chi connectivity index (χ4n) is 3.16. The van der Waals surface area contributed by atoms with Crippen LogP contribution >= 0.6 is 22.6 Å². The smallest absolute Gasteiger partial charge is 0.416 e. The van der Waals surface area contributed by atoms with Crippen LogP contribution in [0.4, 0.5) is 24.5 Å². The SMILES string of the molecule is O=C(OCCOCCOCCOCCCCCCI)c1ccccc1Nc1cccc(C(F)(F)F)c1. The van der Waals surface area contributed by atoms with E-state index in [0.29, 0.717) is 32.1 Å². The Labute approximate surface area is 224 Å². The zero-order chi connectivity index (χ0) is 26.1. The molecule has 0 aliphatic heterocycles. The molecule has 10 heteroatoms. The average molecular weight is 623 g/mol. The number of nitrogens with one attached hydrogen (secondary N) is 1. The highest BCUT2D eigenvalue weighted by Gasteiger charge is 2.30. The predicted molar refractivity (Wildman–Crippen MR) is 141 cm³/mol. The van der Waals surface area contributed by atoms with Gasteiger partial charge in [0.05, 0.1) is 49.8 Å². The minimum Gasteiger partial charge on any atom is -0.460 e. The lowest BCUT2D eigenvalue weighted by atomic mass is 10.1. The second-order valence-electron chi connectivity index (χ2n) is 7.83. The number of carbonyl (C=O) groups excluding carboxylic acids is 1. The molecule has 1 N–H and O–H groups in total. The van der Waals surface area contributed by atoms with Gasteiger partial charge < -0.3 is 24.3 Å². The third kappa shape index (κ3) is 12.4. The first-order valence-electron chi connectivity index (χ1n) is 11.9. The summed E-state index contributed by atoms with van der Waals surface area (Å²) in [6.45, 7) is 2.83. The molecule has 0 fully saturated rings. The van der Waals surface area contributed by atoms with Gasteiger partial charge in [-0.2, -0.15) is 13.2 Å². The lowest BCUT2D eigenvalue weighted by Crippen LogP contribution is -2.15. The summed E-state index contributed by atoms with van der Waals surface area (Å²) in [6.07, 6.45) is 0.322. The van der Waals surface area contributed by atoms with Crippen LogP contribution < -0.4 is 5.32 Å².